The zero-order valence-corrected chi connectivity index (χ0v) is 9.16. The quantitative estimate of drug-likeness (QED) is 0.891. The van der Waals surface area contributed by atoms with Gasteiger partial charge in [0.1, 0.15) is 5.75 Å². The minimum Gasteiger partial charge on any atom is -0.508 e. The van der Waals surface area contributed by atoms with Gasteiger partial charge in [0.25, 0.3) is 5.91 Å². The molecule has 1 aromatic rings. The molecule has 0 unspecified atom stereocenters. The second-order valence-electron chi connectivity index (χ2n) is 3.64. The number of amides is 1. The minimum absolute atomic E-state index is 0.000468. The monoisotopic (exact) mass is 247 g/mol. The predicted octanol–water partition coefficient (Wildman–Crippen LogP) is 2.42. The van der Waals surface area contributed by atoms with Gasteiger partial charge in [-0.1, -0.05) is 0 Å². The molecule has 0 aliphatic heterocycles. The molecule has 0 saturated heterocycles. The van der Waals surface area contributed by atoms with E-state index in [0.29, 0.717) is 0 Å². The number of benzene rings is 1. The molecule has 0 heterocycles. The molecule has 1 rings (SSSR count). The SMILES string of the molecule is CN(CCC(F)(F)F)C(=O)c1ccc(O)cc1. The first kappa shape index (κ1) is 13.3. The first-order valence-electron chi connectivity index (χ1n) is 4.91. The van der Waals surface area contributed by atoms with Gasteiger partial charge < -0.3 is 10.0 Å². The molecule has 1 aromatic carbocycles. The third-order valence-corrected chi connectivity index (χ3v) is 2.19. The Bertz CT molecular complexity index is 387. The topological polar surface area (TPSA) is 40.5 Å². The fourth-order valence-corrected chi connectivity index (χ4v) is 1.22. The van der Waals surface area contributed by atoms with E-state index < -0.39 is 18.5 Å². The Morgan fingerprint density at radius 1 is 1.29 bits per heavy atom. The Morgan fingerprint density at radius 3 is 2.29 bits per heavy atom. The molecule has 3 nitrogen and oxygen atoms in total. The number of carbonyl (C=O) groups is 1. The standard InChI is InChI=1S/C11H12F3NO2/c1-15(7-6-11(12,13)14)10(17)8-2-4-9(16)5-3-8/h2-5,16H,6-7H2,1H3. The maximum Gasteiger partial charge on any atom is 0.390 e. The summed E-state index contributed by atoms with van der Waals surface area (Å²) >= 11 is 0. The van der Waals surface area contributed by atoms with Crippen LogP contribution in [0.3, 0.4) is 0 Å². The van der Waals surface area contributed by atoms with E-state index in [1.54, 1.807) is 0 Å². The zero-order valence-electron chi connectivity index (χ0n) is 9.16. The van der Waals surface area contributed by atoms with E-state index in [2.05, 4.69) is 0 Å². The Hall–Kier alpha value is -1.72. The van der Waals surface area contributed by atoms with Crippen LogP contribution in [0.5, 0.6) is 5.75 Å². The van der Waals surface area contributed by atoms with Crippen LogP contribution in [-0.2, 0) is 0 Å². The van der Waals surface area contributed by atoms with E-state index in [4.69, 9.17) is 5.11 Å². The van der Waals surface area contributed by atoms with E-state index >= 15 is 0 Å². The Kier molecular flexibility index (Phi) is 3.98. The molecular formula is C11H12F3NO2. The number of alkyl halides is 3. The average Bonchev–Trinajstić information content (AvgIpc) is 2.25. The predicted molar refractivity (Wildman–Crippen MR) is 55.7 cm³/mol. The van der Waals surface area contributed by atoms with Crippen molar-refractivity contribution in [1.82, 2.24) is 4.90 Å². The van der Waals surface area contributed by atoms with Gasteiger partial charge in [0, 0.05) is 19.2 Å². The minimum atomic E-state index is -4.27. The van der Waals surface area contributed by atoms with Gasteiger partial charge in [-0.2, -0.15) is 13.2 Å². The van der Waals surface area contributed by atoms with Gasteiger partial charge in [0.05, 0.1) is 6.42 Å². The van der Waals surface area contributed by atoms with E-state index in [-0.39, 0.29) is 17.9 Å². The average molecular weight is 247 g/mol. The van der Waals surface area contributed by atoms with Crippen LogP contribution in [0.25, 0.3) is 0 Å². The van der Waals surface area contributed by atoms with Crippen LogP contribution >= 0.6 is 0 Å². The van der Waals surface area contributed by atoms with E-state index in [1.807, 2.05) is 0 Å². The lowest BCUT2D eigenvalue weighted by atomic mass is 10.2. The van der Waals surface area contributed by atoms with Crippen molar-refractivity contribution in [2.45, 2.75) is 12.6 Å². The highest BCUT2D eigenvalue weighted by Gasteiger charge is 2.28. The van der Waals surface area contributed by atoms with Crippen molar-refractivity contribution in [2.75, 3.05) is 13.6 Å². The molecule has 0 spiro atoms. The molecule has 0 fully saturated rings. The van der Waals surface area contributed by atoms with Gasteiger partial charge in [-0.3, -0.25) is 4.79 Å². The maximum absolute atomic E-state index is 12.0. The summed E-state index contributed by atoms with van der Waals surface area (Å²) in [5.41, 5.74) is 0.243. The number of phenols is 1. The molecule has 0 aliphatic carbocycles. The number of halogens is 3. The smallest absolute Gasteiger partial charge is 0.390 e. The van der Waals surface area contributed by atoms with Crippen LogP contribution in [0.1, 0.15) is 16.8 Å². The molecule has 0 aromatic heterocycles. The number of rotatable bonds is 3. The normalized spacial score (nSPS) is 11.3. The number of nitrogens with zero attached hydrogens (tertiary/aromatic N) is 1. The van der Waals surface area contributed by atoms with Crippen molar-refractivity contribution in [1.29, 1.82) is 0 Å². The second-order valence-corrected chi connectivity index (χ2v) is 3.64. The number of hydrogen-bond donors (Lipinski definition) is 1. The lowest BCUT2D eigenvalue weighted by Gasteiger charge is -2.18. The Balaban J connectivity index is 2.61. The molecular weight excluding hydrogens is 235 g/mol. The van der Waals surface area contributed by atoms with Crippen LogP contribution in [-0.4, -0.2) is 35.7 Å². The summed E-state index contributed by atoms with van der Waals surface area (Å²) < 4.78 is 35.9. The second kappa shape index (κ2) is 5.07. The number of hydrogen-bond acceptors (Lipinski definition) is 2. The van der Waals surface area contributed by atoms with Crippen molar-refractivity contribution in [3.05, 3.63) is 29.8 Å². The largest absolute Gasteiger partial charge is 0.508 e. The summed E-state index contributed by atoms with van der Waals surface area (Å²) in [7, 11) is 1.31. The first-order chi connectivity index (χ1) is 7.79. The Morgan fingerprint density at radius 2 is 1.82 bits per heavy atom. The van der Waals surface area contributed by atoms with Gasteiger partial charge >= 0.3 is 6.18 Å². The van der Waals surface area contributed by atoms with Crippen molar-refractivity contribution >= 4 is 5.91 Å². The molecule has 17 heavy (non-hydrogen) atoms. The molecule has 0 aliphatic rings. The summed E-state index contributed by atoms with van der Waals surface area (Å²) in [6.07, 6.45) is -5.31. The summed E-state index contributed by atoms with van der Waals surface area (Å²) in [4.78, 5) is 12.6. The highest BCUT2D eigenvalue weighted by atomic mass is 19.4. The fourth-order valence-electron chi connectivity index (χ4n) is 1.22. The summed E-state index contributed by atoms with van der Waals surface area (Å²) in [5, 5.41) is 9.01. The molecule has 0 atom stereocenters. The highest BCUT2D eigenvalue weighted by Crippen LogP contribution is 2.20. The molecule has 1 amide bonds. The van der Waals surface area contributed by atoms with Gasteiger partial charge in [-0.15, -0.1) is 0 Å². The molecule has 94 valence electrons. The molecule has 0 bridgehead atoms. The first-order valence-corrected chi connectivity index (χ1v) is 4.91. The van der Waals surface area contributed by atoms with Crippen LogP contribution in [0.4, 0.5) is 13.2 Å². The summed E-state index contributed by atoms with van der Waals surface area (Å²) in [6.45, 7) is -0.386. The highest BCUT2D eigenvalue weighted by molar-refractivity contribution is 5.94. The van der Waals surface area contributed by atoms with E-state index in [0.717, 1.165) is 4.90 Å². The van der Waals surface area contributed by atoms with Crippen molar-refractivity contribution < 1.29 is 23.1 Å². The number of aromatic hydroxyl groups is 1. The lowest BCUT2D eigenvalue weighted by molar-refractivity contribution is -0.136. The van der Waals surface area contributed by atoms with E-state index in [9.17, 15) is 18.0 Å². The third kappa shape index (κ3) is 4.34. The lowest BCUT2D eigenvalue weighted by Crippen LogP contribution is -2.30. The Labute approximate surface area is 96.5 Å². The van der Waals surface area contributed by atoms with Gasteiger partial charge in [-0.05, 0) is 24.3 Å². The van der Waals surface area contributed by atoms with E-state index in [1.165, 1.54) is 31.3 Å². The van der Waals surface area contributed by atoms with Crippen molar-refractivity contribution in [3.63, 3.8) is 0 Å². The van der Waals surface area contributed by atoms with Gasteiger partial charge in [0.15, 0.2) is 0 Å². The van der Waals surface area contributed by atoms with Crippen molar-refractivity contribution in [2.24, 2.45) is 0 Å². The van der Waals surface area contributed by atoms with Gasteiger partial charge in [-0.25, -0.2) is 0 Å². The molecule has 6 heteroatoms. The number of carbonyl (C=O) groups excluding carboxylic acids is 1. The van der Waals surface area contributed by atoms with Crippen LogP contribution in [0, 0.1) is 0 Å². The van der Waals surface area contributed by atoms with Crippen LogP contribution < -0.4 is 0 Å². The van der Waals surface area contributed by atoms with Crippen LogP contribution in [0.15, 0.2) is 24.3 Å². The zero-order chi connectivity index (χ0) is 13.1. The van der Waals surface area contributed by atoms with Crippen LogP contribution in [0.2, 0.25) is 0 Å². The molecule has 0 saturated carbocycles. The summed E-state index contributed by atoms with van der Waals surface area (Å²) in [6, 6.07) is 5.35. The van der Waals surface area contributed by atoms with Gasteiger partial charge in [0.2, 0.25) is 0 Å². The third-order valence-electron chi connectivity index (χ3n) is 2.19. The van der Waals surface area contributed by atoms with Crippen molar-refractivity contribution in [3.8, 4) is 5.75 Å². The summed E-state index contributed by atoms with van der Waals surface area (Å²) in [5.74, 6) is -0.506. The maximum atomic E-state index is 12.0. The number of phenolic OH excluding ortho intramolecular Hbond substituents is 1. The molecule has 1 N–H and O–H groups in total. The fraction of sp³-hybridized carbons (Fsp3) is 0.364. The molecule has 0 radical (unpaired) electrons.